The van der Waals surface area contributed by atoms with Gasteiger partial charge in [-0.25, -0.2) is 0 Å². The lowest BCUT2D eigenvalue weighted by molar-refractivity contribution is 0.0746. The standard InChI is InChI=1S/C14H20ClNO/c1-2-14(11-4-3-5-12(15)10-11)16-13-6-8-17-9-7-13/h3-5,10,13-14,16H,2,6-9H2,1H3. The van der Waals surface area contributed by atoms with Gasteiger partial charge < -0.3 is 10.1 Å². The minimum Gasteiger partial charge on any atom is -0.381 e. The Labute approximate surface area is 108 Å². The van der Waals surface area contributed by atoms with Gasteiger partial charge >= 0.3 is 0 Å². The molecule has 1 aliphatic rings. The molecular formula is C14H20ClNO. The number of hydrogen-bond donors (Lipinski definition) is 1. The Balaban J connectivity index is 2.00. The lowest BCUT2D eigenvalue weighted by Gasteiger charge is -2.28. The van der Waals surface area contributed by atoms with Gasteiger partial charge in [-0.3, -0.25) is 0 Å². The van der Waals surface area contributed by atoms with Crippen LogP contribution in [0.5, 0.6) is 0 Å². The van der Waals surface area contributed by atoms with E-state index in [4.69, 9.17) is 16.3 Å². The zero-order valence-corrected chi connectivity index (χ0v) is 11.0. The second-order valence-corrected chi connectivity index (χ2v) is 5.01. The van der Waals surface area contributed by atoms with Crippen molar-refractivity contribution in [3.63, 3.8) is 0 Å². The fourth-order valence-electron chi connectivity index (χ4n) is 2.32. The second kappa shape index (κ2) is 6.39. The summed E-state index contributed by atoms with van der Waals surface area (Å²) in [7, 11) is 0. The molecule has 0 radical (unpaired) electrons. The van der Waals surface area contributed by atoms with Gasteiger partial charge in [-0.05, 0) is 37.0 Å². The maximum atomic E-state index is 6.04. The highest BCUT2D eigenvalue weighted by Gasteiger charge is 2.18. The van der Waals surface area contributed by atoms with Gasteiger partial charge in [0.2, 0.25) is 0 Å². The van der Waals surface area contributed by atoms with Crippen molar-refractivity contribution in [3.8, 4) is 0 Å². The highest BCUT2D eigenvalue weighted by molar-refractivity contribution is 6.30. The van der Waals surface area contributed by atoms with E-state index in [1.165, 1.54) is 5.56 Å². The molecule has 0 saturated carbocycles. The highest BCUT2D eigenvalue weighted by Crippen LogP contribution is 2.22. The predicted molar refractivity (Wildman–Crippen MR) is 71.5 cm³/mol. The number of rotatable bonds is 4. The third kappa shape index (κ3) is 3.70. The van der Waals surface area contributed by atoms with E-state index in [1.807, 2.05) is 12.1 Å². The molecule has 2 rings (SSSR count). The van der Waals surface area contributed by atoms with Gasteiger partial charge in [-0.1, -0.05) is 30.7 Å². The summed E-state index contributed by atoms with van der Waals surface area (Å²) in [4.78, 5) is 0. The normalized spacial score (nSPS) is 19.2. The Bertz CT molecular complexity index is 350. The first-order chi connectivity index (χ1) is 8.29. The van der Waals surface area contributed by atoms with Gasteiger partial charge in [0.1, 0.15) is 0 Å². The predicted octanol–water partition coefficient (Wildman–Crippen LogP) is 3.56. The molecule has 3 heteroatoms. The van der Waals surface area contributed by atoms with Gasteiger partial charge in [-0.2, -0.15) is 0 Å². The first-order valence-electron chi connectivity index (χ1n) is 6.39. The van der Waals surface area contributed by atoms with Crippen LogP contribution in [0.25, 0.3) is 0 Å². The Morgan fingerprint density at radius 2 is 2.18 bits per heavy atom. The van der Waals surface area contributed by atoms with Crippen LogP contribution in [0.4, 0.5) is 0 Å². The van der Waals surface area contributed by atoms with E-state index in [0.29, 0.717) is 12.1 Å². The quantitative estimate of drug-likeness (QED) is 0.886. The Morgan fingerprint density at radius 1 is 1.41 bits per heavy atom. The van der Waals surface area contributed by atoms with Crippen molar-refractivity contribution < 1.29 is 4.74 Å². The molecule has 0 amide bonds. The fraction of sp³-hybridized carbons (Fsp3) is 0.571. The van der Waals surface area contributed by atoms with Gasteiger partial charge in [0.25, 0.3) is 0 Å². The van der Waals surface area contributed by atoms with Crippen LogP contribution < -0.4 is 5.32 Å². The fourth-order valence-corrected chi connectivity index (χ4v) is 2.52. The van der Waals surface area contributed by atoms with Gasteiger partial charge in [0, 0.05) is 30.3 Å². The van der Waals surface area contributed by atoms with Crippen molar-refractivity contribution in [3.05, 3.63) is 34.9 Å². The summed E-state index contributed by atoms with van der Waals surface area (Å²) in [6, 6.07) is 9.12. The number of benzene rings is 1. The lowest BCUT2D eigenvalue weighted by atomic mass is 10.0. The summed E-state index contributed by atoms with van der Waals surface area (Å²) in [5.41, 5.74) is 1.28. The number of halogens is 1. The number of nitrogens with one attached hydrogen (secondary N) is 1. The van der Waals surface area contributed by atoms with Crippen LogP contribution in [0.15, 0.2) is 24.3 Å². The minimum absolute atomic E-state index is 0.400. The molecule has 1 saturated heterocycles. The number of hydrogen-bond acceptors (Lipinski definition) is 2. The van der Waals surface area contributed by atoms with Crippen LogP contribution in [0, 0.1) is 0 Å². The van der Waals surface area contributed by atoms with E-state index in [9.17, 15) is 0 Å². The largest absolute Gasteiger partial charge is 0.381 e. The summed E-state index contributed by atoms with van der Waals surface area (Å²) >= 11 is 6.04. The molecule has 0 spiro atoms. The van der Waals surface area contributed by atoms with Gasteiger partial charge in [0.15, 0.2) is 0 Å². The van der Waals surface area contributed by atoms with Crippen LogP contribution in [0.3, 0.4) is 0 Å². The smallest absolute Gasteiger partial charge is 0.0480 e. The molecule has 17 heavy (non-hydrogen) atoms. The molecule has 2 nitrogen and oxygen atoms in total. The topological polar surface area (TPSA) is 21.3 Å². The molecule has 0 aliphatic carbocycles. The van der Waals surface area contributed by atoms with E-state index in [-0.39, 0.29) is 0 Å². The number of ether oxygens (including phenoxy) is 1. The van der Waals surface area contributed by atoms with E-state index >= 15 is 0 Å². The van der Waals surface area contributed by atoms with E-state index in [2.05, 4.69) is 24.4 Å². The lowest BCUT2D eigenvalue weighted by Crippen LogP contribution is -2.37. The molecule has 0 aromatic heterocycles. The van der Waals surface area contributed by atoms with E-state index in [1.54, 1.807) is 0 Å². The minimum atomic E-state index is 0.400. The summed E-state index contributed by atoms with van der Waals surface area (Å²) in [6.07, 6.45) is 3.30. The van der Waals surface area contributed by atoms with E-state index in [0.717, 1.165) is 37.5 Å². The Hall–Kier alpha value is -0.570. The molecular weight excluding hydrogens is 234 g/mol. The van der Waals surface area contributed by atoms with Crippen molar-refractivity contribution in [2.45, 2.75) is 38.3 Å². The molecule has 1 aromatic carbocycles. The molecule has 0 bridgehead atoms. The maximum absolute atomic E-state index is 6.04. The summed E-state index contributed by atoms with van der Waals surface area (Å²) in [5.74, 6) is 0. The second-order valence-electron chi connectivity index (χ2n) is 4.57. The highest BCUT2D eigenvalue weighted by atomic mass is 35.5. The molecule has 1 unspecified atom stereocenters. The molecule has 1 N–H and O–H groups in total. The Kier molecular flexibility index (Phi) is 4.84. The van der Waals surface area contributed by atoms with Crippen LogP contribution in [-0.4, -0.2) is 19.3 Å². The van der Waals surface area contributed by atoms with Gasteiger partial charge in [-0.15, -0.1) is 0 Å². The third-order valence-corrected chi connectivity index (χ3v) is 3.55. The monoisotopic (exact) mass is 253 g/mol. The first-order valence-corrected chi connectivity index (χ1v) is 6.76. The van der Waals surface area contributed by atoms with Crippen molar-refractivity contribution >= 4 is 11.6 Å². The average Bonchev–Trinajstić information content (AvgIpc) is 2.37. The third-order valence-electron chi connectivity index (χ3n) is 3.32. The summed E-state index contributed by atoms with van der Waals surface area (Å²) in [6.45, 7) is 3.96. The van der Waals surface area contributed by atoms with Crippen molar-refractivity contribution in [2.24, 2.45) is 0 Å². The van der Waals surface area contributed by atoms with Crippen LogP contribution in [-0.2, 0) is 4.74 Å². The Morgan fingerprint density at radius 3 is 2.82 bits per heavy atom. The van der Waals surface area contributed by atoms with E-state index < -0.39 is 0 Å². The zero-order chi connectivity index (χ0) is 12.1. The van der Waals surface area contributed by atoms with Crippen LogP contribution in [0.1, 0.15) is 37.8 Å². The summed E-state index contributed by atoms with van der Waals surface area (Å²) < 4.78 is 5.38. The molecule has 1 fully saturated rings. The van der Waals surface area contributed by atoms with Gasteiger partial charge in [0.05, 0.1) is 0 Å². The molecule has 1 aliphatic heterocycles. The SMILES string of the molecule is CCC(NC1CCOCC1)c1cccc(Cl)c1. The zero-order valence-electron chi connectivity index (χ0n) is 10.3. The average molecular weight is 254 g/mol. The molecule has 1 aromatic rings. The van der Waals surface area contributed by atoms with Crippen LogP contribution in [0.2, 0.25) is 5.02 Å². The molecule has 1 heterocycles. The van der Waals surface area contributed by atoms with Crippen molar-refractivity contribution in [1.29, 1.82) is 0 Å². The first kappa shape index (κ1) is 12.9. The maximum Gasteiger partial charge on any atom is 0.0480 e. The summed E-state index contributed by atoms with van der Waals surface area (Å²) in [5, 5.41) is 4.53. The molecule has 1 atom stereocenters. The van der Waals surface area contributed by atoms with Crippen molar-refractivity contribution in [1.82, 2.24) is 5.32 Å². The van der Waals surface area contributed by atoms with Crippen molar-refractivity contribution in [2.75, 3.05) is 13.2 Å². The molecule has 94 valence electrons. The van der Waals surface area contributed by atoms with Crippen LogP contribution >= 0.6 is 11.6 Å².